The van der Waals surface area contributed by atoms with Gasteiger partial charge in [-0.05, 0) is 24.1 Å². The molecule has 0 fully saturated rings. The molecule has 0 spiro atoms. The molecule has 0 saturated carbocycles. The van der Waals surface area contributed by atoms with Crippen LogP contribution in [0.2, 0.25) is 0 Å². The maximum absolute atomic E-state index is 3.83. The SMILES string of the molecule is C=CC[C@@H](Nc1ccccc1)c1ccccc1. The van der Waals surface area contributed by atoms with Crippen LogP contribution in [0.5, 0.6) is 0 Å². The number of rotatable bonds is 5. The molecule has 0 aliphatic heterocycles. The van der Waals surface area contributed by atoms with Gasteiger partial charge in [-0.3, -0.25) is 0 Å². The van der Waals surface area contributed by atoms with Crippen LogP contribution < -0.4 is 5.32 Å². The van der Waals surface area contributed by atoms with E-state index >= 15 is 0 Å². The van der Waals surface area contributed by atoms with Crippen LogP contribution in [0.15, 0.2) is 73.3 Å². The van der Waals surface area contributed by atoms with E-state index in [-0.39, 0.29) is 6.04 Å². The predicted octanol–water partition coefficient (Wildman–Crippen LogP) is 4.42. The van der Waals surface area contributed by atoms with Crippen LogP contribution >= 0.6 is 0 Å². The molecule has 0 heterocycles. The lowest BCUT2D eigenvalue weighted by Gasteiger charge is -2.18. The van der Waals surface area contributed by atoms with E-state index < -0.39 is 0 Å². The number of nitrogens with one attached hydrogen (secondary N) is 1. The first-order valence-electron chi connectivity index (χ1n) is 5.87. The second kappa shape index (κ2) is 5.90. The molecule has 2 rings (SSSR count). The lowest BCUT2D eigenvalue weighted by Crippen LogP contribution is -2.09. The molecule has 2 aromatic carbocycles. The first-order chi connectivity index (χ1) is 8.40. The fraction of sp³-hybridized carbons (Fsp3) is 0.125. The number of para-hydroxylation sites is 1. The summed E-state index contributed by atoms with van der Waals surface area (Å²) in [5.41, 5.74) is 2.43. The zero-order valence-corrected chi connectivity index (χ0v) is 9.84. The minimum Gasteiger partial charge on any atom is -0.378 e. The second-order valence-electron chi connectivity index (χ2n) is 4.00. The zero-order chi connectivity index (χ0) is 11.9. The normalized spacial score (nSPS) is 11.8. The highest BCUT2D eigenvalue weighted by atomic mass is 14.9. The fourth-order valence-electron chi connectivity index (χ4n) is 1.87. The number of hydrogen-bond donors (Lipinski definition) is 1. The summed E-state index contributed by atoms with van der Waals surface area (Å²) in [5, 5.41) is 3.52. The van der Waals surface area contributed by atoms with Gasteiger partial charge in [0.2, 0.25) is 0 Å². The molecule has 0 unspecified atom stereocenters. The summed E-state index contributed by atoms with van der Waals surface area (Å²) in [6.07, 6.45) is 2.87. The van der Waals surface area contributed by atoms with Crippen LogP contribution in [0.3, 0.4) is 0 Å². The van der Waals surface area contributed by atoms with Gasteiger partial charge in [-0.25, -0.2) is 0 Å². The van der Waals surface area contributed by atoms with Crippen LogP contribution in [-0.2, 0) is 0 Å². The van der Waals surface area contributed by atoms with E-state index in [1.807, 2.05) is 30.3 Å². The van der Waals surface area contributed by atoms with Gasteiger partial charge < -0.3 is 5.32 Å². The monoisotopic (exact) mass is 223 g/mol. The number of hydrogen-bond acceptors (Lipinski definition) is 1. The Morgan fingerprint density at radius 2 is 1.53 bits per heavy atom. The van der Waals surface area contributed by atoms with Crippen molar-refractivity contribution in [3.05, 3.63) is 78.9 Å². The molecule has 0 radical (unpaired) electrons. The van der Waals surface area contributed by atoms with Gasteiger partial charge >= 0.3 is 0 Å². The molecule has 86 valence electrons. The summed E-state index contributed by atoms with van der Waals surface area (Å²) in [6, 6.07) is 21.0. The Morgan fingerprint density at radius 3 is 2.12 bits per heavy atom. The third-order valence-corrected chi connectivity index (χ3v) is 2.72. The molecule has 2 aromatic rings. The molecular weight excluding hydrogens is 206 g/mol. The van der Waals surface area contributed by atoms with Crippen molar-refractivity contribution in [2.75, 3.05) is 5.32 Å². The topological polar surface area (TPSA) is 12.0 Å². The van der Waals surface area contributed by atoms with Gasteiger partial charge in [0.25, 0.3) is 0 Å². The number of anilines is 1. The summed E-state index contributed by atoms with van der Waals surface area (Å²) >= 11 is 0. The third-order valence-electron chi connectivity index (χ3n) is 2.72. The molecule has 1 atom stereocenters. The van der Waals surface area contributed by atoms with Crippen molar-refractivity contribution in [3.8, 4) is 0 Å². The van der Waals surface area contributed by atoms with Crippen molar-refractivity contribution >= 4 is 5.69 Å². The quantitative estimate of drug-likeness (QED) is 0.740. The lowest BCUT2D eigenvalue weighted by molar-refractivity contribution is 0.799. The van der Waals surface area contributed by atoms with Gasteiger partial charge in [0.1, 0.15) is 0 Å². The van der Waals surface area contributed by atoms with E-state index in [0.717, 1.165) is 12.1 Å². The van der Waals surface area contributed by atoms with E-state index in [9.17, 15) is 0 Å². The Labute approximate surface area is 103 Å². The van der Waals surface area contributed by atoms with Gasteiger partial charge in [0, 0.05) is 5.69 Å². The molecule has 0 saturated heterocycles. The Kier molecular flexibility index (Phi) is 3.98. The summed E-state index contributed by atoms with van der Waals surface area (Å²) in [4.78, 5) is 0. The van der Waals surface area contributed by atoms with E-state index in [1.165, 1.54) is 5.56 Å². The Balaban J connectivity index is 2.16. The summed E-state index contributed by atoms with van der Waals surface area (Å²) < 4.78 is 0. The van der Waals surface area contributed by atoms with Crippen LogP contribution in [0.4, 0.5) is 5.69 Å². The summed E-state index contributed by atoms with van der Waals surface area (Å²) in [5.74, 6) is 0. The molecular formula is C16H17N. The highest BCUT2D eigenvalue weighted by Crippen LogP contribution is 2.22. The largest absolute Gasteiger partial charge is 0.378 e. The molecule has 0 aromatic heterocycles. The van der Waals surface area contributed by atoms with Crippen molar-refractivity contribution in [1.82, 2.24) is 0 Å². The maximum atomic E-state index is 3.83. The first-order valence-corrected chi connectivity index (χ1v) is 5.87. The van der Waals surface area contributed by atoms with Gasteiger partial charge in [-0.1, -0.05) is 54.6 Å². The third kappa shape index (κ3) is 3.22. The van der Waals surface area contributed by atoms with Gasteiger partial charge in [-0.15, -0.1) is 6.58 Å². The molecule has 0 bridgehead atoms. The number of benzene rings is 2. The van der Waals surface area contributed by atoms with Crippen molar-refractivity contribution in [2.45, 2.75) is 12.5 Å². The van der Waals surface area contributed by atoms with Crippen molar-refractivity contribution in [2.24, 2.45) is 0 Å². The lowest BCUT2D eigenvalue weighted by atomic mass is 10.0. The Bertz CT molecular complexity index is 447. The highest BCUT2D eigenvalue weighted by molar-refractivity contribution is 5.45. The van der Waals surface area contributed by atoms with Crippen molar-refractivity contribution in [3.63, 3.8) is 0 Å². The first kappa shape index (κ1) is 11.5. The van der Waals surface area contributed by atoms with Gasteiger partial charge in [0.05, 0.1) is 6.04 Å². The predicted molar refractivity (Wildman–Crippen MR) is 74.1 cm³/mol. The van der Waals surface area contributed by atoms with E-state index in [2.05, 4.69) is 48.3 Å². The fourth-order valence-corrected chi connectivity index (χ4v) is 1.87. The molecule has 0 amide bonds. The van der Waals surface area contributed by atoms with E-state index in [4.69, 9.17) is 0 Å². The standard InChI is InChI=1S/C16H17N/c1-2-9-16(14-10-5-3-6-11-14)17-15-12-7-4-8-13-15/h2-8,10-13,16-17H,1,9H2/t16-/m1/s1. The average Bonchev–Trinajstić information content (AvgIpc) is 2.40. The van der Waals surface area contributed by atoms with Crippen LogP contribution in [-0.4, -0.2) is 0 Å². The smallest absolute Gasteiger partial charge is 0.0548 e. The Hall–Kier alpha value is -2.02. The molecule has 1 heteroatoms. The van der Waals surface area contributed by atoms with Crippen LogP contribution in [0, 0.1) is 0 Å². The second-order valence-corrected chi connectivity index (χ2v) is 4.00. The van der Waals surface area contributed by atoms with E-state index in [0.29, 0.717) is 0 Å². The van der Waals surface area contributed by atoms with Crippen molar-refractivity contribution < 1.29 is 0 Å². The van der Waals surface area contributed by atoms with Crippen LogP contribution in [0.1, 0.15) is 18.0 Å². The van der Waals surface area contributed by atoms with Gasteiger partial charge in [-0.2, -0.15) is 0 Å². The molecule has 17 heavy (non-hydrogen) atoms. The van der Waals surface area contributed by atoms with Crippen LogP contribution in [0.25, 0.3) is 0 Å². The molecule has 1 N–H and O–H groups in total. The Morgan fingerprint density at radius 1 is 0.941 bits per heavy atom. The zero-order valence-electron chi connectivity index (χ0n) is 9.84. The molecule has 0 aliphatic carbocycles. The minimum absolute atomic E-state index is 0.288. The summed E-state index contributed by atoms with van der Waals surface area (Å²) in [6.45, 7) is 3.83. The molecule has 1 nitrogen and oxygen atoms in total. The maximum Gasteiger partial charge on any atom is 0.0548 e. The van der Waals surface area contributed by atoms with Gasteiger partial charge in [0.15, 0.2) is 0 Å². The average molecular weight is 223 g/mol. The highest BCUT2D eigenvalue weighted by Gasteiger charge is 2.08. The van der Waals surface area contributed by atoms with E-state index in [1.54, 1.807) is 0 Å². The summed E-state index contributed by atoms with van der Waals surface area (Å²) in [7, 11) is 0. The molecule has 0 aliphatic rings. The van der Waals surface area contributed by atoms with Crippen molar-refractivity contribution in [1.29, 1.82) is 0 Å². The minimum atomic E-state index is 0.288.